The van der Waals surface area contributed by atoms with Crippen LogP contribution in [0.1, 0.15) is 18.4 Å². The fourth-order valence-electron chi connectivity index (χ4n) is 3.83. The van der Waals surface area contributed by atoms with E-state index in [0.717, 1.165) is 43.2 Å². The summed E-state index contributed by atoms with van der Waals surface area (Å²) in [5, 5.41) is 4.22. The summed E-state index contributed by atoms with van der Waals surface area (Å²) in [6.45, 7) is 4.28. The largest absolute Gasteiger partial charge is 0.314 e. The fraction of sp³-hybridized carbons (Fsp3) is 0.471. The molecule has 3 heterocycles. The zero-order valence-electron chi connectivity index (χ0n) is 12.1. The van der Waals surface area contributed by atoms with Gasteiger partial charge in [-0.3, -0.25) is 9.88 Å². The monoisotopic (exact) mass is 285 g/mol. The Labute approximate surface area is 124 Å². The number of nitrogens with one attached hydrogen (secondary N) is 1. The van der Waals surface area contributed by atoms with Crippen LogP contribution in [0.3, 0.4) is 0 Å². The summed E-state index contributed by atoms with van der Waals surface area (Å²) in [5.74, 6) is 0.596. The summed E-state index contributed by atoms with van der Waals surface area (Å²) in [4.78, 5) is 6.89. The highest BCUT2D eigenvalue weighted by Gasteiger charge is 2.32. The van der Waals surface area contributed by atoms with Gasteiger partial charge < -0.3 is 5.32 Å². The lowest BCUT2D eigenvalue weighted by molar-refractivity contribution is 0.156. The van der Waals surface area contributed by atoms with E-state index in [1.165, 1.54) is 12.8 Å². The predicted octanol–water partition coefficient (Wildman–Crippen LogP) is 2.56. The molecule has 0 spiro atoms. The average molecular weight is 285 g/mol. The molecule has 0 amide bonds. The zero-order chi connectivity index (χ0) is 14.2. The molecule has 0 saturated carbocycles. The lowest BCUT2D eigenvalue weighted by Crippen LogP contribution is -2.43. The van der Waals surface area contributed by atoms with E-state index in [0.29, 0.717) is 11.4 Å². The first-order valence-electron chi connectivity index (χ1n) is 7.79. The molecule has 1 aromatic carbocycles. The van der Waals surface area contributed by atoms with Crippen molar-refractivity contribution in [3.63, 3.8) is 0 Å². The van der Waals surface area contributed by atoms with Crippen LogP contribution in [0.4, 0.5) is 4.39 Å². The van der Waals surface area contributed by atoms with E-state index in [2.05, 4.69) is 15.2 Å². The number of piperidine rings is 1. The van der Waals surface area contributed by atoms with Gasteiger partial charge in [-0.15, -0.1) is 0 Å². The minimum Gasteiger partial charge on any atom is -0.314 e. The van der Waals surface area contributed by atoms with Crippen LogP contribution in [0.15, 0.2) is 30.5 Å². The van der Waals surface area contributed by atoms with Crippen molar-refractivity contribution in [3.05, 3.63) is 41.8 Å². The van der Waals surface area contributed by atoms with Crippen molar-refractivity contribution < 1.29 is 4.39 Å². The van der Waals surface area contributed by atoms with Gasteiger partial charge in [-0.2, -0.15) is 0 Å². The molecule has 2 aliphatic heterocycles. The Morgan fingerprint density at radius 2 is 2.24 bits per heavy atom. The van der Waals surface area contributed by atoms with Gasteiger partial charge >= 0.3 is 0 Å². The van der Waals surface area contributed by atoms with E-state index in [-0.39, 0.29) is 5.82 Å². The molecule has 2 atom stereocenters. The molecule has 0 aliphatic carbocycles. The number of hydrogen-bond acceptors (Lipinski definition) is 3. The highest BCUT2D eigenvalue weighted by molar-refractivity contribution is 5.82. The number of hydrogen-bond donors (Lipinski definition) is 1. The van der Waals surface area contributed by atoms with Crippen molar-refractivity contribution >= 4 is 10.9 Å². The molecule has 110 valence electrons. The second kappa shape index (κ2) is 5.35. The van der Waals surface area contributed by atoms with E-state index < -0.39 is 0 Å². The molecule has 2 aliphatic rings. The average Bonchev–Trinajstić information content (AvgIpc) is 2.98. The summed E-state index contributed by atoms with van der Waals surface area (Å²) >= 11 is 0. The first-order chi connectivity index (χ1) is 10.3. The topological polar surface area (TPSA) is 28.2 Å². The Kier molecular flexibility index (Phi) is 3.36. The molecule has 2 fully saturated rings. The van der Waals surface area contributed by atoms with Gasteiger partial charge in [-0.05, 0) is 55.6 Å². The van der Waals surface area contributed by atoms with Gasteiger partial charge in [-0.25, -0.2) is 4.39 Å². The van der Waals surface area contributed by atoms with Crippen molar-refractivity contribution in [2.24, 2.45) is 5.92 Å². The Morgan fingerprint density at radius 3 is 3.19 bits per heavy atom. The van der Waals surface area contributed by atoms with Gasteiger partial charge in [0.25, 0.3) is 0 Å². The molecule has 2 unspecified atom stereocenters. The van der Waals surface area contributed by atoms with E-state index >= 15 is 0 Å². The standard InChI is InChI=1S/C17H20FN3/c18-15-4-3-13(17-14(15)2-1-7-20-17)11-21-9-6-16-12(10-21)5-8-19-16/h1-4,7,12,16,19H,5-6,8-11H2. The summed E-state index contributed by atoms with van der Waals surface area (Å²) in [6.07, 6.45) is 4.25. The molecular weight excluding hydrogens is 265 g/mol. The number of halogens is 1. The van der Waals surface area contributed by atoms with Crippen LogP contribution in [-0.4, -0.2) is 35.6 Å². The van der Waals surface area contributed by atoms with Gasteiger partial charge in [0.1, 0.15) is 5.82 Å². The number of nitrogens with zero attached hydrogens (tertiary/aromatic N) is 2. The van der Waals surface area contributed by atoms with Crippen LogP contribution < -0.4 is 5.32 Å². The first-order valence-corrected chi connectivity index (χ1v) is 7.79. The van der Waals surface area contributed by atoms with Crippen LogP contribution in [0.2, 0.25) is 0 Å². The Balaban J connectivity index is 1.58. The minimum atomic E-state index is -0.180. The van der Waals surface area contributed by atoms with Gasteiger partial charge in [0.2, 0.25) is 0 Å². The molecule has 3 nitrogen and oxygen atoms in total. The zero-order valence-corrected chi connectivity index (χ0v) is 12.1. The second-order valence-corrected chi connectivity index (χ2v) is 6.24. The molecule has 1 aromatic heterocycles. The van der Waals surface area contributed by atoms with Gasteiger partial charge in [0, 0.05) is 30.7 Å². The van der Waals surface area contributed by atoms with E-state index in [9.17, 15) is 4.39 Å². The van der Waals surface area contributed by atoms with Crippen molar-refractivity contribution in [1.82, 2.24) is 15.2 Å². The van der Waals surface area contributed by atoms with Crippen LogP contribution in [0.25, 0.3) is 10.9 Å². The van der Waals surface area contributed by atoms with Gasteiger partial charge in [0.15, 0.2) is 0 Å². The third kappa shape index (κ3) is 2.43. The number of rotatable bonds is 2. The highest BCUT2D eigenvalue weighted by Crippen LogP contribution is 2.27. The number of likely N-dealkylation sites (tertiary alicyclic amines) is 1. The highest BCUT2D eigenvalue weighted by atomic mass is 19.1. The smallest absolute Gasteiger partial charge is 0.132 e. The quantitative estimate of drug-likeness (QED) is 0.919. The maximum atomic E-state index is 13.9. The lowest BCUT2D eigenvalue weighted by Gasteiger charge is -2.35. The van der Waals surface area contributed by atoms with Crippen LogP contribution in [-0.2, 0) is 6.54 Å². The molecule has 4 heteroatoms. The van der Waals surface area contributed by atoms with Crippen molar-refractivity contribution in [2.75, 3.05) is 19.6 Å². The second-order valence-electron chi connectivity index (χ2n) is 6.24. The normalized spacial score (nSPS) is 26.1. The number of benzene rings is 1. The maximum absolute atomic E-state index is 13.9. The molecule has 21 heavy (non-hydrogen) atoms. The number of pyridine rings is 1. The Hall–Kier alpha value is -1.52. The van der Waals surface area contributed by atoms with E-state index in [1.807, 2.05) is 12.1 Å². The molecule has 2 aromatic rings. The van der Waals surface area contributed by atoms with Crippen LogP contribution in [0, 0.1) is 11.7 Å². The molecule has 1 N–H and O–H groups in total. The summed E-state index contributed by atoms with van der Waals surface area (Å²) in [6, 6.07) is 7.79. The van der Waals surface area contributed by atoms with Crippen molar-refractivity contribution in [3.8, 4) is 0 Å². The predicted molar refractivity (Wildman–Crippen MR) is 81.5 cm³/mol. The SMILES string of the molecule is Fc1ccc(CN2CCC3NCCC3C2)c2ncccc12. The Morgan fingerprint density at radius 1 is 1.29 bits per heavy atom. The van der Waals surface area contributed by atoms with Crippen LogP contribution in [0.5, 0.6) is 0 Å². The summed E-state index contributed by atoms with van der Waals surface area (Å²) in [5.41, 5.74) is 1.94. The van der Waals surface area contributed by atoms with Crippen LogP contribution >= 0.6 is 0 Å². The summed E-state index contributed by atoms with van der Waals surface area (Å²) in [7, 11) is 0. The Bertz CT molecular complexity index is 658. The van der Waals surface area contributed by atoms with E-state index in [4.69, 9.17) is 0 Å². The minimum absolute atomic E-state index is 0.180. The summed E-state index contributed by atoms with van der Waals surface area (Å²) < 4.78 is 13.9. The first kappa shape index (κ1) is 13.2. The molecule has 0 bridgehead atoms. The van der Waals surface area contributed by atoms with Crippen molar-refractivity contribution in [1.29, 1.82) is 0 Å². The molecular formula is C17H20FN3. The third-order valence-corrected chi connectivity index (χ3v) is 4.93. The van der Waals surface area contributed by atoms with Crippen molar-refractivity contribution in [2.45, 2.75) is 25.4 Å². The molecule has 0 radical (unpaired) electrons. The van der Waals surface area contributed by atoms with E-state index in [1.54, 1.807) is 18.3 Å². The number of fused-ring (bicyclic) bond motifs is 2. The molecule has 2 saturated heterocycles. The fourth-order valence-corrected chi connectivity index (χ4v) is 3.83. The molecule has 4 rings (SSSR count). The number of aromatic nitrogens is 1. The maximum Gasteiger partial charge on any atom is 0.132 e. The lowest BCUT2D eigenvalue weighted by atomic mass is 9.93. The van der Waals surface area contributed by atoms with Gasteiger partial charge in [0.05, 0.1) is 5.52 Å². The van der Waals surface area contributed by atoms with Gasteiger partial charge in [-0.1, -0.05) is 6.07 Å². The third-order valence-electron chi connectivity index (χ3n) is 4.93.